The first kappa shape index (κ1) is 19.1. The van der Waals surface area contributed by atoms with Crippen molar-refractivity contribution in [3.8, 4) is 0 Å². The summed E-state index contributed by atoms with van der Waals surface area (Å²) < 4.78 is 5.57. The minimum absolute atomic E-state index is 0.00123. The second kappa shape index (κ2) is 9.33. The van der Waals surface area contributed by atoms with Crippen LogP contribution >= 0.6 is 0 Å². The van der Waals surface area contributed by atoms with Gasteiger partial charge >= 0.3 is 0 Å². The van der Waals surface area contributed by atoms with Crippen LogP contribution in [0.15, 0.2) is 54.6 Å². The van der Waals surface area contributed by atoms with Crippen LogP contribution in [0.2, 0.25) is 0 Å². The van der Waals surface area contributed by atoms with Gasteiger partial charge in [0.1, 0.15) is 6.61 Å². The first-order valence-electron chi connectivity index (χ1n) is 9.47. The molecule has 1 heterocycles. The van der Waals surface area contributed by atoms with Gasteiger partial charge < -0.3 is 15.0 Å². The van der Waals surface area contributed by atoms with Crippen molar-refractivity contribution in [1.82, 2.24) is 5.32 Å². The first-order chi connectivity index (χ1) is 13.2. The molecular formula is C22H26N2O3. The minimum Gasteiger partial charge on any atom is -0.365 e. The summed E-state index contributed by atoms with van der Waals surface area (Å²) >= 11 is 0. The van der Waals surface area contributed by atoms with Gasteiger partial charge in [-0.25, -0.2) is 0 Å². The molecule has 3 rings (SSSR count). The van der Waals surface area contributed by atoms with Gasteiger partial charge in [0.15, 0.2) is 0 Å². The van der Waals surface area contributed by atoms with E-state index in [9.17, 15) is 9.59 Å². The van der Waals surface area contributed by atoms with Crippen molar-refractivity contribution in [1.29, 1.82) is 0 Å². The lowest BCUT2D eigenvalue weighted by atomic mass is 10.1. The van der Waals surface area contributed by atoms with Crippen molar-refractivity contribution < 1.29 is 14.3 Å². The highest BCUT2D eigenvalue weighted by atomic mass is 16.5. The predicted octanol–water partition coefficient (Wildman–Crippen LogP) is 2.73. The molecule has 142 valence electrons. The van der Waals surface area contributed by atoms with Crippen LogP contribution in [-0.2, 0) is 27.2 Å². The number of carbonyl (C=O) groups excluding carboxylic acids is 2. The van der Waals surface area contributed by atoms with E-state index in [-0.39, 0.29) is 24.5 Å². The van der Waals surface area contributed by atoms with Gasteiger partial charge in [0.2, 0.25) is 5.91 Å². The largest absolute Gasteiger partial charge is 0.365 e. The normalized spacial score (nSPS) is 17.0. The van der Waals surface area contributed by atoms with Crippen molar-refractivity contribution in [2.75, 3.05) is 24.6 Å². The maximum absolute atomic E-state index is 12.2. The summed E-state index contributed by atoms with van der Waals surface area (Å²) in [7, 11) is 0. The van der Waals surface area contributed by atoms with Crippen LogP contribution in [0.1, 0.15) is 24.5 Å². The number of carbonyl (C=O) groups is 2. The summed E-state index contributed by atoms with van der Waals surface area (Å²) in [6.45, 7) is 3.02. The van der Waals surface area contributed by atoms with Gasteiger partial charge in [0.05, 0.1) is 12.6 Å². The number of aryl methyl sites for hydroxylation is 2. The van der Waals surface area contributed by atoms with Crippen molar-refractivity contribution in [2.45, 2.75) is 32.3 Å². The number of hydrogen-bond acceptors (Lipinski definition) is 3. The Balaban J connectivity index is 1.44. The van der Waals surface area contributed by atoms with E-state index >= 15 is 0 Å². The molecule has 0 aliphatic carbocycles. The third kappa shape index (κ3) is 5.41. The molecular weight excluding hydrogens is 340 g/mol. The molecule has 1 saturated heterocycles. The van der Waals surface area contributed by atoms with Gasteiger partial charge in [-0.15, -0.1) is 0 Å². The average Bonchev–Trinajstić information content (AvgIpc) is 2.72. The molecule has 0 spiro atoms. The van der Waals surface area contributed by atoms with Gasteiger partial charge in [0, 0.05) is 18.7 Å². The fourth-order valence-electron chi connectivity index (χ4n) is 3.12. The number of nitrogens with one attached hydrogen (secondary N) is 1. The molecule has 0 radical (unpaired) electrons. The summed E-state index contributed by atoms with van der Waals surface area (Å²) in [6.07, 6.45) is 1.98. The van der Waals surface area contributed by atoms with E-state index in [0.717, 1.165) is 24.1 Å². The second-order valence-electron chi connectivity index (χ2n) is 6.75. The van der Waals surface area contributed by atoms with E-state index in [1.165, 1.54) is 5.56 Å². The Labute approximate surface area is 160 Å². The molecule has 2 amide bonds. The number of hydrogen-bond donors (Lipinski definition) is 1. The van der Waals surface area contributed by atoms with Crippen LogP contribution in [0.3, 0.4) is 0 Å². The fraction of sp³-hybridized carbons (Fsp3) is 0.364. The van der Waals surface area contributed by atoms with Crippen molar-refractivity contribution in [3.05, 3.63) is 65.7 Å². The number of ether oxygens (including phenoxy) is 1. The standard InChI is InChI=1S/C22H26N2O3/c1-2-17-8-10-18(11-9-17)12-13-21(25)23-14-20-15-24(22(26)16-27-20)19-6-4-3-5-7-19/h3-11,20H,2,12-16H2,1H3,(H,23,25). The molecule has 0 bridgehead atoms. The highest BCUT2D eigenvalue weighted by Gasteiger charge is 2.27. The van der Waals surface area contributed by atoms with Crippen LogP contribution in [-0.4, -0.2) is 37.6 Å². The van der Waals surface area contributed by atoms with Crippen LogP contribution in [0.25, 0.3) is 0 Å². The quantitative estimate of drug-likeness (QED) is 0.820. The first-order valence-corrected chi connectivity index (χ1v) is 9.47. The van der Waals surface area contributed by atoms with Crippen LogP contribution in [0.5, 0.6) is 0 Å². The molecule has 27 heavy (non-hydrogen) atoms. The molecule has 0 saturated carbocycles. The van der Waals surface area contributed by atoms with Gasteiger partial charge in [-0.2, -0.15) is 0 Å². The SMILES string of the molecule is CCc1ccc(CCC(=O)NCC2CN(c3ccccc3)C(=O)CO2)cc1. The second-order valence-corrected chi connectivity index (χ2v) is 6.75. The number of rotatable bonds is 7. The number of morpholine rings is 1. The molecule has 5 nitrogen and oxygen atoms in total. The monoisotopic (exact) mass is 366 g/mol. The van der Waals surface area contributed by atoms with Crippen LogP contribution < -0.4 is 10.2 Å². The van der Waals surface area contributed by atoms with E-state index in [1.807, 2.05) is 30.3 Å². The average molecular weight is 366 g/mol. The zero-order chi connectivity index (χ0) is 19.1. The van der Waals surface area contributed by atoms with Gasteiger partial charge in [-0.3, -0.25) is 9.59 Å². The third-order valence-corrected chi connectivity index (χ3v) is 4.80. The molecule has 1 N–H and O–H groups in total. The Hall–Kier alpha value is -2.66. The van der Waals surface area contributed by atoms with E-state index in [4.69, 9.17) is 4.74 Å². The summed E-state index contributed by atoms with van der Waals surface area (Å²) in [5.41, 5.74) is 3.32. The zero-order valence-electron chi connectivity index (χ0n) is 15.7. The Bertz CT molecular complexity index is 759. The Kier molecular flexibility index (Phi) is 6.60. The lowest BCUT2D eigenvalue weighted by Gasteiger charge is -2.32. The summed E-state index contributed by atoms with van der Waals surface area (Å²) in [5.74, 6) is -0.0550. The third-order valence-electron chi connectivity index (χ3n) is 4.80. The molecule has 2 aromatic rings. The zero-order valence-corrected chi connectivity index (χ0v) is 15.7. The molecule has 5 heteroatoms. The number of anilines is 1. The highest BCUT2D eigenvalue weighted by molar-refractivity contribution is 5.95. The number of para-hydroxylation sites is 1. The Morgan fingerprint density at radius 3 is 2.52 bits per heavy atom. The topological polar surface area (TPSA) is 58.6 Å². The van der Waals surface area contributed by atoms with Gasteiger partial charge in [0.25, 0.3) is 5.91 Å². The van der Waals surface area contributed by atoms with Crippen molar-refractivity contribution >= 4 is 17.5 Å². The summed E-state index contributed by atoms with van der Waals surface area (Å²) in [5, 5.41) is 2.93. The fourth-order valence-corrected chi connectivity index (χ4v) is 3.12. The van der Waals surface area contributed by atoms with E-state index < -0.39 is 0 Å². The minimum atomic E-state index is -0.198. The molecule has 2 aromatic carbocycles. The van der Waals surface area contributed by atoms with E-state index in [1.54, 1.807) is 4.90 Å². The maximum Gasteiger partial charge on any atom is 0.253 e. The van der Waals surface area contributed by atoms with Crippen LogP contribution in [0, 0.1) is 0 Å². The highest BCUT2D eigenvalue weighted by Crippen LogP contribution is 2.17. The van der Waals surface area contributed by atoms with Gasteiger partial charge in [-0.05, 0) is 36.1 Å². The lowest BCUT2D eigenvalue weighted by Crippen LogP contribution is -2.50. The Morgan fingerprint density at radius 2 is 1.81 bits per heavy atom. The number of amides is 2. The van der Waals surface area contributed by atoms with Crippen molar-refractivity contribution in [2.24, 2.45) is 0 Å². The van der Waals surface area contributed by atoms with E-state index in [0.29, 0.717) is 19.5 Å². The molecule has 1 unspecified atom stereocenters. The Morgan fingerprint density at radius 1 is 1.11 bits per heavy atom. The number of nitrogens with zero attached hydrogens (tertiary/aromatic N) is 1. The number of benzene rings is 2. The van der Waals surface area contributed by atoms with Crippen LogP contribution in [0.4, 0.5) is 5.69 Å². The molecule has 1 atom stereocenters. The summed E-state index contributed by atoms with van der Waals surface area (Å²) in [4.78, 5) is 26.0. The lowest BCUT2D eigenvalue weighted by molar-refractivity contribution is -0.129. The van der Waals surface area contributed by atoms with Crippen molar-refractivity contribution in [3.63, 3.8) is 0 Å². The molecule has 1 aliphatic rings. The maximum atomic E-state index is 12.2. The smallest absolute Gasteiger partial charge is 0.253 e. The molecule has 0 aromatic heterocycles. The predicted molar refractivity (Wildman–Crippen MR) is 106 cm³/mol. The molecule has 1 fully saturated rings. The van der Waals surface area contributed by atoms with Gasteiger partial charge in [-0.1, -0.05) is 49.4 Å². The summed E-state index contributed by atoms with van der Waals surface area (Å²) in [6, 6.07) is 17.9. The molecule has 1 aliphatic heterocycles. The van der Waals surface area contributed by atoms with E-state index in [2.05, 4.69) is 36.5 Å².